The lowest BCUT2D eigenvalue weighted by atomic mass is 10.1. The first-order chi connectivity index (χ1) is 13.6. The number of pyridine rings is 2. The van der Waals surface area contributed by atoms with Gasteiger partial charge in [-0.15, -0.1) is 0 Å². The molecule has 1 saturated heterocycles. The van der Waals surface area contributed by atoms with Crippen LogP contribution in [0, 0.1) is 5.82 Å². The van der Waals surface area contributed by atoms with Crippen molar-refractivity contribution in [2.24, 2.45) is 0 Å². The number of nitrogens with zero attached hydrogens (tertiary/aromatic N) is 5. The van der Waals surface area contributed by atoms with E-state index in [1.807, 2.05) is 12.1 Å². The summed E-state index contributed by atoms with van der Waals surface area (Å²) in [5.74, 6) is 0.620. The minimum Gasteiger partial charge on any atom is -0.473 e. The number of ether oxygens (including phenoxy) is 2. The summed E-state index contributed by atoms with van der Waals surface area (Å²) < 4.78 is 26.5. The molecule has 1 fully saturated rings. The van der Waals surface area contributed by atoms with Gasteiger partial charge in [-0.1, -0.05) is 0 Å². The second kappa shape index (κ2) is 6.43. The molecular weight excluding hydrogens is 365 g/mol. The minimum atomic E-state index is -0.576. The fourth-order valence-electron chi connectivity index (χ4n) is 3.80. The van der Waals surface area contributed by atoms with Crippen molar-refractivity contribution in [2.75, 3.05) is 18.1 Å². The highest BCUT2D eigenvalue weighted by molar-refractivity contribution is 5.85. The molecule has 3 aromatic heterocycles. The van der Waals surface area contributed by atoms with Crippen LogP contribution in [0.15, 0.2) is 30.7 Å². The molecule has 2 bridgehead atoms. The van der Waals surface area contributed by atoms with E-state index >= 15 is 0 Å². The summed E-state index contributed by atoms with van der Waals surface area (Å²) in [6.07, 6.45) is 3.18. The molecule has 0 saturated carbocycles. The number of anilines is 1. The van der Waals surface area contributed by atoms with Crippen molar-refractivity contribution < 1.29 is 18.7 Å². The molecule has 0 spiro atoms. The number of halogens is 1. The Kier molecular flexibility index (Phi) is 3.88. The highest BCUT2D eigenvalue weighted by Crippen LogP contribution is 2.39. The van der Waals surface area contributed by atoms with Crippen molar-refractivity contribution in [3.63, 3.8) is 0 Å². The first-order valence-electron chi connectivity index (χ1n) is 9.20. The van der Waals surface area contributed by atoms with Gasteiger partial charge < -0.3 is 14.4 Å². The minimum absolute atomic E-state index is 0.104. The number of carbonyl (C=O) groups excluding carboxylic acids is 1. The molecule has 5 heterocycles. The third kappa shape index (κ3) is 2.74. The molecule has 2 aliphatic heterocycles. The van der Waals surface area contributed by atoms with Gasteiger partial charge in [0.05, 0.1) is 12.2 Å². The number of hydrogen-bond donors (Lipinski definition) is 0. The lowest BCUT2D eigenvalue weighted by molar-refractivity contribution is 0.0751. The molecule has 3 aromatic rings. The van der Waals surface area contributed by atoms with Gasteiger partial charge in [0.2, 0.25) is 5.88 Å². The van der Waals surface area contributed by atoms with Crippen LogP contribution in [0.25, 0.3) is 11.2 Å². The number of carbonyl (C=O) groups is 1. The predicted molar refractivity (Wildman–Crippen MR) is 97.9 cm³/mol. The van der Waals surface area contributed by atoms with Crippen molar-refractivity contribution in [1.29, 1.82) is 0 Å². The SMILES string of the molecule is C[C@H]1COc2ncc(F)cc2[C@H]2CCCN2c2ccc3ncn(c3n2)C(=O)O1. The average molecular weight is 383 g/mol. The van der Waals surface area contributed by atoms with Crippen LogP contribution >= 0.6 is 0 Å². The second-order valence-electron chi connectivity index (χ2n) is 7.03. The summed E-state index contributed by atoms with van der Waals surface area (Å²) in [5.41, 5.74) is 1.70. The number of fused-ring (bicyclic) bond motifs is 5. The van der Waals surface area contributed by atoms with Crippen LogP contribution in [0.3, 0.4) is 0 Å². The Bertz CT molecular complexity index is 1070. The number of aromatic nitrogens is 4. The summed E-state index contributed by atoms with van der Waals surface area (Å²) in [4.78, 5) is 27.7. The van der Waals surface area contributed by atoms with Gasteiger partial charge in [0.1, 0.15) is 36.2 Å². The molecule has 144 valence electrons. The van der Waals surface area contributed by atoms with Crippen molar-refractivity contribution in [3.8, 4) is 5.88 Å². The summed E-state index contributed by atoms with van der Waals surface area (Å²) in [6.45, 7) is 2.58. The van der Waals surface area contributed by atoms with Gasteiger partial charge in [-0.2, -0.15) is 0 Å². The van der Waals surface area contributed by atoms with Crippen LogP contribution in [-0.2, 0) is 4.74 Å². The van der Waals surface area contributed by atoms with Gasteiger partial charge in [0, 0.05) is 12.1 Å². The third-order valence-corrected chi connectivity index (χ3v) is 5.09. The Morgan fingerprint density at radius 2 is 2.18 bits per heavy atom. The maximum atomic E-state index is 14.0. The summed E-state index contributed by atoms with van der Waals surface area (Å²) in [6, 6.07) is 5.02. The molecule has 0 radical (unpaired) electrons. The molecule has 8 nitrogen and oxygen atoms in total. The predicted octanol–water partition coefficient (Wildman–Crippen LogP) is 3.07. The third-order valence-electron chi connectivity index (χ3n) is 5.09. The van der Waals surface area contributed by atoms with E-state index in [1.54, 1.807) is 6.92 Å². The van der Waals surface area contributed by atoms with Crippen LogP contribution in [0.4, 0.5) is 15.0 Å². The van der Waals surface area contributed by atoms with Gasteiger partial charge in [-0.25, -0.2) is 28.7 Å². The van der Waals surface area contributed by atoms with E-state index in [0.717, 1.165) is 25.6 Å². The van der Waals surface area contributed by atoms with Crippen LogP contribution in [0.2, 0.25) is 0 Å². The van der Waals surface area contributed by atoms with Gasteiger partial charge in [-0.05, 0) is 38.0 Å². The molecule has 0 N–H and O–H groups in total. The normalized spacial score (nSPS) is 21.9. The molecule has 0 unspecified atom stereocenters. The molecular formula is C19H18FN5O3. The van der Waals surface area contributed by atoms with Crippen molar-refractivity contribution in [3.05, 3.63) is 42.1 Å². The van der Waals surface area contributed by atoms with Gasteiger partial charge >= 0.3 is 6.09 Å². The standard InChI is InChI=1S/C19H18FN5O3/c1-11-9-27-18-13(7-12(20)8-21-18)15-3-2-6-24(15)16-5-4-14-17(23-16)25(10-22-14)19(26)28-11/h4-5,7-8,10-11,15H,2-3,6,9H2,1H3/t11-,15+/m0/s1. The first kappa shape index (κ1) is 16.9. The number of imidazole rings is 1. The number of hydrogen-bond acceptors (Lipinski definition) is 7. The lowest BCUT2D eigenvalue weighted by Gasteiger charge is -2.27. The van der Waals surface area contributed by atoms with E-state index in [-0.39, 0.29) is 12.6 Å². The average Bonchev–Trinajstić information content (AvgIpc) is 3.32. The quantitative estimate of drug-likeness (QED) is 0.590. The Morgan fingerprint density at radius 3 is 3.07 bits per heavy atom. The zero-order valence-corrected chi connectivity index (χ0v) is 15.2. The Labute approximate surface area is 159 Å². The fourth-order valence-corrected chi connectivity index (χ4v) is 3.80. The molecule has 9 heteroatoms. The van der Waals surface area contributed by atoms with Crippen LogP contribution in [0.5, 0.6) is 5.88 Å². The van der Waals surface area contributed by atoms with E-state index in [0.29, 0.717) is 28.4 Å². The molecule has 0 aliphatic carbocycles. The van der Waals surface area contributed by atoms with Crippen molar-refractivity contribution >= 4 is 23.1 Å². The summed E-state index contributed by atoms with van der Waals surface area (Å²) in [7, 11) is 0. The number of cyclic esters (lactones) is 1. The number of rotatable bonds is 0. The molecule has 0 aromatic carbocycles. The highest BCUT2D eigenvalue weighted by atomic mass is 19.1. The Balaban J connectivity index is 1.69. The largest absolute Gasteiger partial charge is 0.473 e. The highest BCUT2D eigenvalue weighted by Gasteiger charge is 2.31. The van der Waals surface area contributed by atoms with Crippen molar-refractivity contribution in [2.45, 2.75) is 31.9 Å². The van der Waals surface area contributed by atoms with Crippen LogP contribution in [0.1, 0.15) is 31.4 Å². The van der Waals surface area contributed by atoms with Crippen LogP contribution < -0.4 is 9.64 Å². The molecule has 0 amide bonds. The Hall–Kier alpha value is -3.23. The zero-order valence-electron chi connectivity index (χ0n) is 15.2. The summed E-state index contributed by atoms with van der Waals surface area (Å²) in [5, 5.41) is 0. The summed E-state index contributed by atoms with van der Waals surface area (Å²) >= 11 is 0. The topological polar surface area (TPSA) is 82.4 Å². The smallest absolute Gasteiger partial charge is 0.421 e. The van der Waals surface area contributed by atoms with E-state index in [2.05, 4.69) is 19.9 Å². The van der Waals surface area contributed by atoms with Gasteiger partial charge in [-0.3, -0.25) is 0 Å². The van der Waals surface area contributed by atoms with E-state index < -0.39 is 18.0 Å². The first-order valence-corrected chi connectivity index (χ1v) is 9.20. The molecule has 5 rings (SSSR count). The maximum absolute atomic E-state index is 14.0. The Morgan fingerprint density at radius 1 is 1.29 bits per heavy atom. The lowest BCUT2D eigenvalue weighted by Crippen LogP contribution is -2.25. The zero-order chi connectivity index (χ0) is 19.3. The fraction of sp³-hybridized carbons (Fsp3) is 0.368. The van der Waals surface area contributed by atoms with Crippen LogP contribution in [-0.4, -0.2) is 44.9 Å². The van der Waals surface area contributed by atoms with Gasteiger partial charge in [0.25, 0.3) is 0 Å². The monoisotopic (exact) mass is 383 g/mol. The van der Waals surface area contributed by atoms with Gasteiger partial charge in [0.15, 0.2) is 5.65 Å². The molecule has 2 aliphatic rings. The van der Waals surface area contributed by atoms with Crippen molar-refractivity contribution in [1.82, 2.24) is 19.5 Å². The van der Waals surface area contributed by atoms with E-state index in [1.165, 1.54) is 17.0 Å². The van der Waals surface area contributed by atoms with E-state index in [9.17, 15) is 9.18 Å². The van der Waals surface area contributed by atoms with E-state index in [4.69, 9.17) is 9.47 Å². The molecule has 28 heavy (non-hydrogen) atoms. The molecule has 2 atom stereocenters. The second-order valence-corrected chi connectivity index (χ2v) is 7.03. The maximum Gasteiger partial charge on any atom is 0.421 e.